The van der Waals surface area contributed by atoms with Crippen molar-refractivity contribution in [3.05, 3.63) is 41.0 Å². The molecule has 6 heteroatoms. The van der Waals surface area contributed by atoms with Crippen LogP contribution in [0.3, 0.4) is 0 Å². The monoisotopic (exact) mass is 275 g/mol. The first-order valence-electron chi connectivity index (χ1n) is 6.61. The van der Waals surface area contributed by atoms with Gasteiger partial charge in [-0.05, 0) is 31.9 Å². The molecular formula is C14H21N5O. The second-order valence-corrected chi connectivity index (χ2v) is 4.73. The van der Waals surface area contributed by atoms with Crippen molar-refractivity contribution in [2.45, 2.75) is 33.4 Å². The lowest BCUT2D eigenvalue weighted by atomic mass is 10.0. The van der Waals surface area contributed by atoms with E-state index in [0.717, 1.165) is 29.1 Å². The molecule has 20 heavy (non-hydrogen) atoms. The summed E-state index contributed by atoms with van der Waals surface area (Å²) in [5.41, 5.74) is 6.80. The van der Waals surface area contributed by atoms with Gasteiger partial charge in [0.25, 0.3) is 0 Å². The molecule has 0 radical (unpaired) electrons. The van der Waals surface area contributed by atoms with Crippen LogP contribution in [0, 0.1) is 13.8 Å². The van der Waals surface area contributed by atoms with Crippen LogP contribution >= 0.6 is 0 Å². The summed E-state index contributed by atoms with van der Waals surface area (Å²) in [4.78, 5) is 4.52. The lowest BCUT2D eigenvalue weighted by molar-refractivity contribution is 0.398. The normalized spacial score (nSPS) is 12.4. The van der Waals surface area contributed by atoms with Crippen LogP contribution in [-0.2, 0) is 6.54 Å². The standard InChI is InChI=1S/C14H21N5O/c1-5-19-14(11(20-4)8-17-19)13(18-15)12-10(3)6-9(2)7-16-12/h6-8,13,18H,5,15H2,1-4H3. The topological polar surface area (TPSA) is 78.0 Å². The predicted molar refractivity (Wildman–Crippen MR) is 77.3 cm³/mol. The summed E-state index contributed by atoms with van der Waals surface area (Å²) < 4.78 is 7.25. The number of ether oxygens (including phenoxy) is 1. The van der Waals surface area contributed by atoms with E-state index in [9.17, 15) is 0 Å². The molecule has 1 unspecified atom stereocenters. The van der Waals surface area contributed by atoms with Crippen molar-refractivity contribution in [3.63, 3.8) is 0 Å². The van der Waals surface area contributed by atoms with Gasteiger partial charge in [-0.15, -0.1) is 0 Å². The Kier molecular flexibility index (Phi) is 4.36. The summed E-state index contributed by atoms with van der Waals surface area (Å²) in [5, 5.41) is 4.32. The first-order chi connectivity index (χ1) is 9.62. The molecule has 108 valence electrons. The summed E-state index contributed by atoms with van der Waals surface area (Å²) in [5.74, 6) is 6.47. The van der Waals surface area contributed by atoms with Gasteiger partial charge in [-0.25, -0.2) is 5.43 Å². The van der Waals surface area contributed by atoms with E-state index in [0.29, 0.717) is 5.75 Å². The Labute approximate surface area is 118 Å². The summed E-state index contributed by atoms with van der Waals surface area (Å²) in [6.45, 7) is 6.81. The highest BCUT2D eigenvalue weighted by Gasteiger charge is 2.24. The molecule has 0 aliphatic carbocycles. The Morgan fingerprint density at radius 1 is 1.40 bits per heavy atom. The van der Waals surface area contributed by atoms with E-state index in [-0.39, 0.29) is 6.04 Å². The van der Waals surface area contributed by atoms with Gasteiger partial charge in [0.05, 0.1) is 19.0 Å². The summed E-state index contributed by atoms with van der Waals surface area (Å²) in [6, 6.07) is 1.83. The third-order valence-corrected chi connectivity index (χ3v) is 3.33. The number of pyridine rings is 1. The Hall–Kier alpha value is -1.92. The number of nitrogens with two attached hydrogens (primary N) is 1. The number of hydrogen-bond donors (Lipinski definition) is 2. The van der Waals surface area contributed by atoms with Crippen LogP contribution in [-0.4, -0.2) is 21.9 Å². The summed E-state index contributed by atoms with van der Waals surface area (Å²) >= 11 is 0. The molecule has 1 atom stereocenters. The molecule has 3 N–H and O–H groups in total. The van der Waals surface area contributed by atoms with Crippen LogP contribution in [0.25, 0.3) is 0 Å². The Morgan fingerprint density at radius 3 is 2.70 bits per heavy atom. The molecule has 6 nitrogen and oxygen atoms in total. The molecule has 0 saturated carbocycles. The van der Waals surface area contributed by atoms with Crippen molar-refractivity contribution < 1.29 is 4.74 Å². The van der Waals surface area contributed by atoms with Gasteiger partial charge in [-0.2, -0.15) is 5.10 Å². The van der Waals surface area contributed by atoms with Crippen molar-refractivity contribution >= 4 is 0 Å². The van der Waals surface area contributed by atoms with Gasteiger partial charge in [-0.1, -0.05) is 6.07 Å². The van der Waals surface area contributed by atoms with Crippen molar-refractivity contribution in [3.8, 4) is 5.75 Å². The van der Waals surface area contributed by atoms with Crippen molar-refractivity contribution in [1.29, 1.82) is 0 Å². The first kappa shape index (κ1) is 14.5. The average Bonchev–Trinajstić information content (AvgIpc) is 2.85. The lowest BCUT2D eigenvalue weighted by Gasteiger charge is -2.20. The molecule has 0 aliphatic heterocycles. The number of hydrogen-bond acceptors (Lipinski definition) is 5. The molecule has 0 spiro atoms. The third-order valence-electron chi connectivity index (χ3n) is 3.33. The maximum Gasteiger partial charge on any atom is 0.162 e. The fourth-order valence-corrected chi connectivity index (χ4v) is 2.39. The average molecular weight is 275 g/mol. The molecule has 2 aromatic heterocycles. The van der Waals surface area contributed by atoms with E-state index in [1.807, 2.05) is 31.6 Å². The Morgan fingerprint density at radius 2 is 2.15 bits per heavy atom. The van der Waals surface area contributed by atoms with Crippen LogP contribution in [0.15, 0.2) is 18.5 Å². The number of rotatable bonds is 5. The third kappa shape index (κ3) is 2.52. The fraction of sp³-hybridized carbons (Fsp3) is 0.429. The highest BCUT2D eigenvalue weighted by molar-refractivity contribution is 5.37. The highest BCUT2D eigenvalue weighted by Crippen LogP contribution is 2.30. The number of aromatic nitrogens is 3. The zero-order chi connectivity index (χ0) is 14.7. The molecule has 0 saturated heterocycles. The van der Waals surface area contributed by atoms with Crippen molar-refractivity contribution in [2.24, 2.45) is 5.84 Å². The van der Waals surface area contributed by atoms with Gasteiger partial charge >= 0.3 is 0 Å². The second kappa shape index (κ2) is 6.02. The van der Waals surface area contributed by atoms with Gasteiger partial charge < -0.3 is 4.74 Å². The number of methoxy groups -OCH3 is 1. The molecular weight excluding hydrogens is 254 g/mol. The maximum atomic E-state index is 5.76. The highest BCUT2D eigenvalue weighted by atomic mass is 16.5. The first-order valence-corrected chi connectivity index (χ1v) is 6.61. The van der Waals surface area contributed by atoms with Crippen molar-refractivity contribution in [2.75, 3.05) is 7.11 Å². The molecule has 0 amide bonds. The minimum Gasteiger partial charge on any atom is -0.493 e. The van der Waals surface area contributed by atoms with E-state index < -0.39 is 0 Å². The van der Waals surface area contributed by atoms with Crippen LogP contribution in [0.2, 0.25) is 0 Å². The van der Waals surface area contributed by atoms with Crippen LogP contribution in [0.4, 0.5) is 0 Å². The summed E-state index contributed by atoms with van der Waals surface area (Å²) in [6.07, 6.45) is 3.54. The molecule has 0 aliphatic rings. The van der Waals surface area contributed by atoms with E-state index in [2.05, 4.69) is 21.6 Å². The van der Waals surface area contributed by atoms with Gasteiger partial charge in [-0.3, -0.25) is 15.5 Å². The smallest absolute Gasteiger partial charge is 0.162 e. The van der Waals surface area contributed by atoms with Crippen LogP contribution in [0.5, 0.6) is 5.75 Å². The minimum atomic E-state index is -0.256. The van der Waals surface area contributed by atoms with E-state index in [1.54, 1.807) is 13.3 Å². The lowest BCUT2D eigenvalue weighted by Crippen LogP contribution is -2.32. The minimum absolute atomic E-state index is 0.256. The molecule has 2 rings (SSSR count). The molecule has 0 bridgehead atoms. The molecule has 2 aromatic rings. The largest absolute Gasteiger partial charge is 0.493 e. The van der Waals surface area contributed by atoms with E-state index >= 15 is 0 Å². The zero-order valence-electron chi connectivity index (χ0n) is 12.3. The van der Waals surface area contributed by atoms with Gasteiger partial charge in [0.15, 0.2) is 5.75 Å². The van der Waals surface area contributed by atoms with Crippen LogP contribution < -0.4 is 16.0 Å². The van der Waals surface area contributed by atoms with Crippen molar-refractivity contribution in [1.82, 2.24) is 20.2 Å². The number of aryl methyl sites for hydroxylation is 3. The number of hydrazine groups is 1. The zero-order valence-corrected chi connectivity index (χ0v) is 12.3. The SMILES string of the molecule is CCn1ncc(OC)c1C(NN)c1ncc(C)cc1C. The molecule has 0 aromatic carbocycles. The fourth-order valence-electron chi connectivity index (χ4n) is 2.39. The Balaban J connectivity index is 2.54. The van der Waals surface area contributed by atoms with E-state index in [4.69, 9.17) is 10.6 Å². The molecule has 0 fully saturated rings. The predicted octanol–water partition coefficient (Wildman–Crippen LogP) is 1.48. The quantitative estimate of drug-likeness (QED) is 0.638. The van der Waals surface area contributed by atoms with Gasteiger partial charge in [0.2, 0.25) is 0 Å². The number of nitrogens with zero attached hydrogens (tertiary/aromatic N) is 3. The Bertz CT molecular complexity index is 572. The maximum absolute atomic E-state index is 5.76. The van der Waals surface area contributed by atoms with Crippen LogP contribution in [0.1, 0.15) is 35.5 Å². The van der Waals surface area contributed by atoms with E-state index in [1.165, 1.54) is 0 Å². The van der Waals surface area contributed by atoms with Gasteiger partial charge in [0, 0.05) is 12.7 Å². The second-order valence-electron chi connectivity index (χ2n) is 4.73. The van der Waals surface area contributed by atoms with Gasteiger partial charge in [0.1, 0.15) is 11.7 Å². The number of nitrogens with one attached hydrogen (secondary N) is 1. The summed E-state index contributed by atoms with van der Waals surface area (Å²) in [7, 11) is 1.63. The molecule has 2 heterocycles.